The molecule has 4 N–H and O–H groups in total. The molecule has 0 fully saturated rings. The van der Waals surface area contributed by atoms with Gasteiger partial charge in [0, 0.05) is 0 Å². The molecule has 428 valence electrons. The van der Waals surface area contributed by atoms with Crippen LogP contribution >= 0.6 is 0 Å². The van der Waals surface area contributed by atoms with Gasteiger partial charge in [0.05, 0.1) is 31.3 Å². The molecule has 3 atom stereocenters. The largest absolute Gasteiger partial charge is 0.394 e. The highest BCUT2D eigenvalue weighted by atomic mass is 16.3. The average Bonchev–Trinajstić information content (AvgIpc) is 3.38. The molecule has 0 aromatic heterocycles. The Morgan fingerprint density at radius 2 is 0.583 bits per heavy atom. The summed E-state index contributed by atoms with van der Waals surface area (Å²) in [7, 11) is 0. The van der Waals surface area contributed by atoms with Crippen LogP contribution in [0, 0.1) is 0 Å². The summed E-state index contributed by atoms with van der Waals surface area (Å²) in [6.45, 7) is 4.26. The zero-order valence-corrected chi connectivity index (χ0v) is 49.1. The molecule has 5 nitrogen and oxygen atoms in total. The predicted molar refractivity (Wildman–Crippen MR) is 319 cm³/mol. The standard InChI is InChI=1S/C67H131NO4/c1-3-5-7-9-11-13-15-17-19-21-23-25-26-27-28-29-30-31-32-33-34-35-36-37-38-39-40-41-42-44-46-48-50-52-54-56-58-60-64(70)62-67(72)68-65(63-69)66(71)61-59-57-55-53-51-49-47-45-43-24-22-20-18-16-14-12-10-8-6-4-2/h33-34,59,61,64-66,69-71H,3-32,35-58,60,62-63H2,1-2H3,(H,68,72)/b34-33-,61-59+. The molecule has 0 aromatic rings. The minimum atomic E-state index is -0.928. The van der Waals surface area contributed by atoms with E-state index in [1.165, 1.54) is 321 Å². The van der Waals surface area contributed by atoms with Gasteiger partial charge in [0.25, 0.3) is 0 Å². The lowest BCUT2D eigenvalue weighted by molar-refractivity contribution is -0.124. The normalized spacial score (nSPS) is 13.2. The quantitative estimate of drug-likeness (QED) is 0.0361. The lowest BCUT2D eigenvalue weighted by Gasteiger charge is -2.21. The molecule has 0 bridgehead atoms. The molecular formula is C67H131NO4. The molecule has 0 spiro atoms. The van der Waals surface area contributed by atoms with Crippen LogP contribution in [-0.4, -0.2) is 46.1 Å². The summed E-state index contributed by atoms with van der Waals surface area (Å²) in [6, 6.07) is -0.744. The fraction of sp³-hybridized carbons (Fsp3) is 0.925. The number of allylic oxidation sites excluding steroid dienone is 3. The number of nitrogens with one attached hydrogen (secondary N) is 1. The topological polar surface area (TPSA) is 89.8 Å². The second kappa shape index (κ2) is 62.4. The van der Waals surface area contributed by atoms with Crippen molar-refractivity contribution in [1.82, 2.24) is 5.32 Å². The molecule has 0 heterocycles. The van der Waals surface area contributed by atoms with E-state index in [9.17, 15) is 20.1 Å². The van der Waals surface area contributed by atoms with Crippen LogP contribution in [0.25, 0.3) is 0 Å². The Morgan fingerprint density at radius 1 is 0.347 bits per heavy atom. The number of aliphatic hydroxyl groups excluding tert-OH is 3. The van der Waals surface area contributed by atoms with Crippen molar-refractivity contribution in [3.8, 4) is 0 Å². The van der Waals surface area contributed by atoms with E-state index in [1.54, 1.807) is 6.08 Å². The van der Waals surface area contributed by atoms with Gasteiger partial charge in [-0.05, 0) is 44.9 Å². The summed E-state index contributed by atoms with van der Waals surface area (Å²) in [5, 5.41) is 33.6. The fourth-order valence-electron chi connectivity index (χ4n) is 10.7. The van der Waals surface area contributed by atoms with E-state index in [0.29, 0.717) is 6.42 Å². The molecule has 0 aliphatic carbocycles. The summed E-state index contributed by atoms with van der Waals surface area (Å²) in [5.74, 6) is -0.309. The van der Waals surface area contributed by atoms with Gasteiger partial charge in [0.2, 0.25) is 5.91 Å². The predicted octanol–water partition coefficient (Wildman–Crippen LogP) is 21.2. The van der Waals surface area contributed by atoms with E-state index in [4.69, 9.17) is 0 Å². The van der Waals surface area contributed by atoms with Crippen molar-refractivity contribution < 1.29 is 20.1 Å². The van der Waals surface area contributed by atoms with Crippen LogP contribution in [0.15, 0.2) is 24.3 Å². The minimum Gasteiger partial charge on any atom is -0.394 e. The molecule has 1 amide bonds. The van der Waals surface area contributed by atoms with Gasteiger partial charge >= 0.3 is 0 Å². The fourth-order valence-corrected chi connectivity index (χ4v) is 10.7. The molecule has 0 aliphatic rings. The zero-order valence-electron chi connectivity index (χ0n) is 49.1. The van der Waals surface area contributed by atoms with Gasteiger partial charge in [-0.3, -0.25) is 4.79 Å². The number of carbonyl (C=O) groups excluding carboxylic acids is 1. The smallest absolute Gasteiger partial charge is 0.222 e. The van der Waals surface area contributed by atoms with Gasteiger partial charge in [0.15, 0.2) is 0 Å². The van der Waals surface area contributed by atoms with Crippen molar-refractivity contribution in [2.75, 3.05) is 6.61 Å². The molecule has 0 saturated heterocycles. The zero-order chi connectivity index (χ0) is 52.2. The molecular weight excluding hydrogens is 883 g/mol. The highest BCUT2D eigenvalue weighted by molar-refractivity contribution is 5.76. The third-order valence-corrected chi connectivity index (χ3v) is 15.7. The van der Waals surface area contributed by atoms with Crippen LogP contribution < -0.4 is 5.32 Å². The first-order valence-corrected chi connectivity index (χ1v) is 33.1. The Kier molecular flexibility index (Phi) is 61.4. The summed E-state index contributed by atoms with van der Waals surface area (Å²) in [6.07, 6.45) is 81.3. The monoisotopic (exact) mass is 1010 g/mol. The third kappa shape index (κ3) is 58.1. The summed E-state index contributed by atoms with van der Waals surface area (Å²) < 4.78 is 0. The van der Waals surface area contributed by atoms with Crippen LogP contribution in [0.5, 0.6) is 0 Å². The third-order valence-electron chi connectivity index (χ3n) is 15.7. The summed E-state index contributed by atoms with van der Waals surface area (Å²) >= 11 is 0. The van der Waals surface area contributed by atoms with Gasteiger partial charge in [0.1, 0.15) is 0 Å². The molecule has 5 heteroatoms. The second-order valence-electron chi connectivity index (χ2n) is 23.1. The Morgan fingerprint density at radius 3 is 0.847 bits per heavy atom. The Balaban J connectivity index is 3.47. The molecule has 3 unspecified atom stereocenters. The van der Waals surface area contributed by atoms with Crippen LogP contribution in [0.4, 0.5) is 0 Å². The van der Waals surface area contributed by atoms with Gasteiger partial charge in [-0.25, -0.2) is 0 Å². The van der Waals surface area contributed by atoms with Crippen LogP contribution in [0.1, 0.15) is 373 Å². The number of unbranched alkanes of at least 4 members (excludes halogenated alkanes) is 51. The van der Waals surface area contributed by atoms with Gasteiger partial charge in [-0.2, -0.15) is 0 Å². The Labute approximate surface area is 452 Å². The van der Waals surface area contributed by atoms with Crippen LogP contribution in [0.3, 0.4) is 0 Å². The number of hydrogen-bond acceptors (Lipinski definition) is 4. The number of carbonyl (C=O) groups is 1. The lowest BCUT2D eigenvalue weighted by atomic mass is 10.0. The van der Waals surface area contributed by atoms with Crippen molar-refractivity contribution in [2.24, 2.45) is 0 Å². The number of rotatable bonds is 62. The maximum Gasteiger partial charge on any atom is 0.222 e. The highest BCUT2D eigenvalue weighted by Gasteiger charge is 2.20. The molecule has 0 radical (unpaired) electrons. The van der Waals surface area contributed by atoms with Crippen molar-refractivity contribution in [3.63, 3.8) is 0 Å². The van der Waals surface area contributed by atoms with Crippen molar-refractivity contribution in [1.29, 1.82) is 0 Å². The van der Waals surface area contributed by atoms with Crippen LogP contribution in [0.2, 0.25) is 0 Å². The van der Waals surface area contributed by atoms with Crippen molar-refractivity contribution in [2.45, 2.75) is 392 Å². The van der Waals surface area contributed by atoms with E-state index < -0.39 is 18.2 Å². The molecule has 0 saturated carbocycles. The SMILES string of the molecule is CCCCCCCCCCCCCCCCCCCC/C=C\CCCCCCCCCCCCCCCCCC(O)CC(=O)NC(CO)C(O)/C=C/CCCCCCCCCCCCCCCCCCCC. The first kappa shape index (κ1) is 70.8. The lowest BCUT2D eigenvalue weighted by Crippen LogP contribution is -2.45. The van der Waals surface area contributed by atoms with E-state index in [1.807, 2.05) is 6.08 Å². The van der Waals surface area contributed by atoms with Gasteiger partial charge in [-0.15, -0.1) is 0 Å². The van der Waals surface area contributed by atoms with Gasteiger partial charge in [-0.1, -0.05) is 346 Å². The molecule has 0 rings (SSSR count). The van der Waals surface area contributed by atoms with E-state index >= 15 is 0 Å². The van der Waals surface area contributed by atoms with E-state index in [2.05, 4.69) is 31.3 Å². The number of aliphatic hydroxyl groups is 3. The highest BCUT2D eigenvalue weighted by Crippen LogP contribution is 2.19. The first-order chi connectivity index (χ1) is 35.5. The Bertz CT molecular complexity index is 1080. The molecule has 72 heavy (non-hydrogen) atoms. The first-order valence-electron chi connectivity index (χ1n) is 33.1. The second-order valence-corrected chi connectivity index (χ2v) is 23.1. The number of hydrogen-bond donors (Lipinski definition) is 4. The number of amides is 1. The molecule has 0 aliphatic heterocycles. The van der Waals surface area contributed by atoms with Crippen molar-refractivity contribution in [3.05, 3.63) is 24.3 Å². The van der Waals surface area contributed by atoms with Crippen molar-refractivity contribution >= 4 is 5.91 Å². The average molecular weight is 1010 g/mol. The maximum absolute atomic E-state index is 12.6. The van der Waals surface area contributed by atoms with E-state index in [0.717, 1.165) is 25.7 Å². The minimum absolute atomic E-state index is 0.0174. The van der Waals surface area contributed by atoms with Crippen LogP contribution in [-0.2, 0) is 4.79 Å². The van der Waals surface area contributed by atoms with E-state index in [-0.39, 0.29) is 18.9 Å². The maximum atomic E-state index is 12.6. The van der Waals surface area contributed by atoms with Gasteiger partial charge < -0.3 is 20.6 Å². The summed E-state index contributed by atoms with van der Waals surface area (Å²) in [4.78, 5) is 12.6. The molecule has 0 aromatic carbocycles. The Hall–Kier alpha value is -1.17. The summed E-state index contributed by atoms with van der Waals surface area (Å²) in [5.41, 5.74) is 0.